The summed E-state index contributed by atoms with van der Waals surface area (Å²) in [5.74, 6) is -1.62. The molecule has 2 rings (SSSR count). The molecule has 0 fully saturated rings. The van der Waals surface area contributed by atoms with Crippen LogP contribution in [0.4, 0.5) is 19.9 Å². The minimum absolute atomic E-state index is 0.0358. The van der Waals surface area contributed by atoms with Gasteiger partial charge < -0.3 is 20.1 Å². The second-order valence-corrected chi connectivity index (χ2v) is 7.17. The van der Waals surface area contributed by atoms with Gasteiger partial charge in [-0.25, -0.2) is 24.9 Å². The van der Waals surface area contributed by atoms with E-state index in [9.17, 15) is 19.2 Å². The third kappa shape index (κ3) is 9.62. The van der Waals surface area contributed by atoms with E-state index >= 15 is 0 Å². The van der Waals surface area contributed by atoms with Gasteiger partial charge in [0.15, 0.2) is 10.3 Å². The van der Waals surface area contributed by atoms with Crippen LogP contribution in [0.25, 0.3) is 0 Å². The molecule has 29 heavy (non-hydrogen) atoms. The number of carbonyl (C=O) groups is 4. The zero-order valence-corrected chi connectivity index (χ0v) is 16.8. The number of carbonyl (C=O) groups excluding carboxylic acids is 4. The zero-order valence-electron chi connectivity index (χ0n) is 15.2. The lowest BCUT2D eigenvalue weighted by Gasteiger charge is -2.06. The van der Waals surface area contributed by atoms with E-state index in [1.54, 1.807) is 17.7 Å². The van der Waals surface area contributed by atoms with E-state index in [0.29, 0.717) is 25.9 Å². The maximum atomic E-state index is 11.5. The molecule has 2 amide bonds. The molecule has 0 saturated heterocycles. The smallest absolute Gasteiger partial charge is 0.376 e. The predicted octanol–water partition coefficient (Wildman–Crippen LogP) is 2.60. The highest BCUT2D eigenvalue weighted by molar-refractivity contribution is 7.13. The van der Waals surface area contributed by atoms with Crippen LogP contribution in [0.5, 0.6) is 0 Å². The highest BCUT2D eigenvalue weighted by Crippen LogP contribution is 2.11. The van der Waals surface area contributed by atoms with Gasteiger partial charge in [-0.1, -0.05) is 0 Å². The molecule has 0 unspecified atom stereocenters. The molecule has 0 aliphatic rings. The highest BCUT2D eigenvalue weighted by atomic mass is 32.1. The molecule has 0 atom stereocenters. The number of ether oxygens (including phenoxy) is 2. The Morgan fingerprint density at radius 1 is 0.793 bits per heavy atom. The van der Waals surface area contributed by atoms with Crippen LogP contribution in [-0.2, 0) is 19.1 Å². The molecule has 2 aromatic heterocycles. The first-order valence-electron chi connectivity index (χ1n) is 8.56. The van der Waals surface area contributed by atoms with Gasteiger partial charge in [-0.15, -0.1) is 22.7 Å². The van der Waals surface area contributed by atoms with Crippen molar-refractivity contribution < 1.29 is 28.7 Å². The second kappa shape index (κ2) is 12.4. The van der Waals surface area contributed by atoms with E-state index in [-0.39, 0.29) is 12.8 Å². The minimum Gasteiger partial charge on any atom is -0.376 e. The number of esters is 2. The van der Waals surface area contributed by atoms with E-state index in [2.05, 4.69) is 30.1 Å². The number of hydrogen-bond acceptors (Lipinski definition) is 12. The summed E-state index contributed by atoms with van der Waals surface area (Å²) in [6, 6.07) is 0. The average molecular weight is 441 g/mol. The van der Waals surface area contributed by atoms with Crippen LogP contribution in [0, 0.1) is 0 Å². The molecule has 3 N–H and O–H groups in total. The Balaban J connectivity index is 1.51. The van der Waals surface area contributed by atoms with Crippen molar-refractivity contribution in [3.8, 4) is 0 Å². The van der Waals surface area contributed by atoms with Crippen molar-refractivity contribution in [3.63, 3.8) is 0 Å². The molecule has 13 heteroatoms. The molecule has 0 spiro atoms. The molecule has 0 saturated carbocycles. The summed E-state index contributed by atoms with van der Waals surface area (Å²) in [5.41, 5.74) is 0. The quantitative estimate of drug-likeness (QED) is 0.285. The predicted molar refractivity (Wildman–Crippen MR) is 106 cm³/mol. The van der Waals surface area contributed by atoms with Crippen molar-refractivity contribution in [1.82, 2.24) is 15.3 Å². The standard InChI is InChI=1S/C16H19N5O6S2/c22-11(3-1-5-17-13-19-7-9-28-13)26-15(24)21-16(25)27-12(23)4-2-6-18-14-20-8-10-29-14/h7-10H,1-6H2,(H,17,19)(H,18,20)(H,21,24,25). The van der Waals surface area contributed by atoms with Crippen molar-refractivity contribution >= 4 is 57.1 Å². The summed E-state index contributed by atoms with van der Waals surface area (Å²) in [6.07, 6.45) is 1.44. The number of nitrogens with zero attached hydrogens (tertiary/aromatic N) is 2. The molecule has 0 aliphatic carbocycles. The van der Waals surface area contributed by atoms with Crippen LogP contribution in [0.3, 0.4) is 0 Å². The number of anilines is 2. The third-order valence-electron chi connectivity index (χ3n) is 3.15. The van der Waals surface area contributed by atoms with E-state index < -0.39 is 24.1 Å². The molecule has 0 aliphatic heterocycles. The topological polar surface area (TPSA) is 149 Å². The minimum atomic E-state index is -1.30. The molecule has 2 heterocycles. The second-order valence-electron chi connectivity index (χ2n) is 5.38. The van der Waals surface area contributed by atoms with Gasteiger partial charge in [-0.2, -0.15) is 0 Å². The number of thiazole rings is 2. The highest BCUT2D eigenvalue weighted by Gasteiger charge is 2.17. The fourth-order valence-corrected chi connectivity index (χ4v) is 3.04. The zero-order chi connectivity index (χ0) is 20.9. The Morgan fingerprint density at radius 2 is 1.24 bits per heavy atom. The fourth-order valence-electron chi connectivity index (χ4n) is 1.92. The summed E-state index contributed by atoms with van der Waals surface area (Å²) in [5, 5.41) is 12.7. The van der Waals surface area contributed by atoms with E-state index in [4.69, 9.17) is 0 Å². The molecule has 0 bridgehead atoms. The number of aromatic nitrogens is 2. The van der Waals surface area contributed by atoms with Crippen LogP contribution in [0.15, 0.2) is 23.2 Å². The Morgan fingerprint density at radius 3 is 1.62 bits per heavy atom. The number of rotatable bonds is 10. The maximum Gasteiger partial charge on any atom is 0.424 e. The first-order valence-corrected chi connectivity index (χ1v) is 10.3. The van der Waals surface area contributed by atoms with Crippen molar-refractivity contribution in [2.75, 3.05) is 23.7 Å². The fraction of sp³-hybridized carbons (Fsp3) is 0.375. The Bertz CT molecular complexity index is 731. The number of amides is 2. The van der Waals surface area contributed by atoms with Crippen molar-refractivity contribution in [3.05, 3.63) is 23.2 Å². The third-order valence-corrected chi connectivity index (χ3v) is 4.61. The summed E-state index contributed by atoms with van der Waals surface area (Å²) >= 11 is 2.84. The van der Waals surface area contributed by atoms with Crippen LogP contribution in [0.1, 0.15) is 25.7 Å². The first kappa shape index (κ1) is 22.2. The van der Waals surface area contributed by atoms with E-state index in [1.165, 1.54) is 22.7 Å². The SMILES string of the molecule is O=C(CCCNc1nccs1)OC(=O)NC(=O)OC(=O)CCCNc1nccs1. The first-order chi connectivity index (χ1) is 14.0. The Hall–Kier alpha value is -3.06. The molecular formula is C16H19N5O6S2. The summed E-state index contributed by atoms with van der Waals surface area (Å²) in [4.78, 5) is 54.0. The largest absolute Gasteiger partial charge is 0.424 e. The van der Waals surface area contributed by atoms with Crippen LogP contribution >= 0.6 is 22.7 Å². The van der Waals surface area contributed by atoms with Gasteiger partial charge in [0.2, 0.25) is 0 Å². The Kier molecular flexibility index (Phi) is 9.51. The maximum absolute atomic E-state index is 11.5. The van der Waals surface area contributed by atoms with Gasteiger partial charge in [0.1, 0.15) is 0 Å². The van der Waals surface area contributed by atoms with Gasteiger partial charge in [0.25, 0.3) is 0 Å². The summed E-state index contributed by atoms with van der Waals surface area (Å²) in [6.45, 7) is 0.941. The summed E-state index contributed by atoms with van der Waals surface area (Å²) < 4.78 is 8.84. The van der Waals surface area contributed by atoms with Crippen LogP contribution in [0.2, 0.25) is 0 Å². The molecule has 11 nitrogen and oxygen atoms in total. The number of imide groups is 1. The van der Waals surface area contributed by atoms with Gasteiger partial charge in [0.05, 0.1) is 0 Å². The van der Waals surface area contributed by atoms with Crippen LogP contribution < -0.4 is 16.0 Å². The molecular weight excluding hydrogens is 422 g/mol. The van der Waals surface area contributed by atoms with Crippen LogP contribution in [-0.4, -0.2) is 47.2 Å². The van der Waals surface area contributed by atoms with E-state index in [1.807, 2.05) is 10.8 Å². The lowest BCUT2D eigenvalue weighted by atomic mass is 10.3. The average Bonchev–Trinajstić information content (AvgIpc) is 3.36. The normalized spacial score (nSPS) is 10.1. The molecule has 156 valence electrons. The van der Waals surface area contributed by atoms with Gasteiger partial charge >= 0.3 is 24.1 Å². The lowest BCUT2D eigenvalue weighted by Crippen LogP contribution is -2.34. The Labute approximate surface area is 173 Å². The van der Waals surface area contributed by atoms with Crippen molar-refractivity contribution in [2.45, 2.75) is 25.7 Å². The van der Waals surface area contributed by atoms with E-state index in [0.717, 1.165) is 10.3 Å². The monoisotopic (exact) mass is 441 g/mol. The molecule has 2 aromatic rings. The molecule has 0 radical (unpaired) electrons. The van der Waals surface area contributed by atoms with Gasteiger partial charge in [-0.05, 0) is 12.8 Å². The molecule has 0 aromatic carbocycles. The van der Waals surface area contributed by atoms with Crippen molar-refractivity contribution in [2.24, 2.45) is 0 Å². The number of alkyl carbamates (subject to hydrolysis) is 2. The van der Waals surface area contributed by atoms with Gasteiger partial charge in [0, 0.05) is 49.1 Å². The lowest BCUT2D eigenvalue weighted by molar-refractivity contribution is -0.137. The van der Waals surface area contributed by atoms with Gasteiger partial charge in [-0.3, -0.25) is 9.59 Å². The number of hydrogen-bond donors (Lipinski definition) is 3. The number of nitrogens with one attached hydrogen (secondary N) is 3. The van der Waals surface area contributed by atoms with Crippen molar-refractivity contribution in [1.29, 1.82) is 0 Å². The summed E-state index contributed by atoms with van der Waals surface area (Å²) in [7, 11) is 0.